The maximum Gasteiger partial charge on any atom is 2.00 e. The molecule has 0 fully saturated rings. The van der Waals surface area contributed by atoms with Gasteiger partial charge in [-0.05, 0) is 0 Å². The molecular weight excluding hydrogens is 200 g/mol. The molecule has 0 bridgehead atoms. The molecule has 0 radical (unpaired) electrons. The second-order valence-electron chi connectivity index (χ2n) is 0. The Labute approximate surface area is 55.2 Å². The van der Waals surface area contributed by atoms with Gasteiger partial charge in [-0.15, -0.1) is 0 Å². The third-order valence-corrected chi connectivity index (χ3v) is 0. The summed E-state index contributed by atoms with van der Waals surface area (Å²) in [5.41, 5.74) is 0. The largest absolute Gasteiger partial charge is 2.00 e. The number of hydrogen-bond acceptors (Lipinski definition) is 0. The van der Waals surface area contributed by atoms with Crippen molar-refractivity contribution in [2.24, 2.45) is 0 Å². The van der Waals surface area contributed by atoms with Gasteiger partial charge in [0, 0.05) is 0 Å². The second-order valence-corrected chi connectivity index (χ2v) is 0. The molecule has 22 valence electrons. The maximum atomic E-state index is 0. The zero-order valence-corrected chi connectivity index (χ0v) is 7.02. The van der Waals surface area contributed by atoms with E-state index >= 15 is 0 Å². The molecule has 0 heterocycles. The van der Waals surface area contributed by atoms with Crippen molar-refractivity contribution in [2.45, 2.75) is 0 Å². The minimum Gasteiger partial charge on any atom is -2.00 e. The predicted octanol–water partition coefficient (Wildman–Crippen LogP) is -0.243. The van der Waals surface area contributed by atoms with Gasteiger partial charge in [-0.3, -0.25) is 0 Å². The summed E-state index contributed by atoms with van der Waals surface area (Å²) in [6.07, 6.45) is 0. The Morgan fingerprint density at radius 2 is 0.750 bits per heavy atom. The molecule has 0 N–H and O–H groups in total. The zero-order valence-electron chi connectivity index (χ0n) is 1.88. The summed E-state index contributed by atoms with van der Waals surface area (Å²) in [7, 11) is 0. The molecular formula is CdFeO2. The minimum absolute atomic E-state index is 0. The Balaban J connectivity index is 0. The summed E-state index contributed by atoms with van der Waals surface area (Å²) >= 11 is 0. The van der Waals surface area contributed by atoms with Gasteiger partial charge in [0.1, 0.15) is 0 Å². The van der Waals surface area contributed by atoms with Crippen molar-refractivity contribution in [3.63, 3.8) is 0 Å². The van der Waals surface area contributed by atoms with Crippen LogP contribution in [-0.4, -0.2) is 0 Å². The third-order valence-electron chi connectivity index (χ3n) is 0. The first-order valence-electron chi connectivity index (χ1n) is 0. The van der Waals surface area contributed by atoms with E-state index < -0.39 is 0 Å². The van der Waals surface area contributed by atoms with Gasteiger partial charge in [0.05, 0.1) is 0 Å². The molecule has 0 aliphatic heterocycles. The van der Waals surface area contributed by atoms with Crippen molar-refractivity contribution in [2.75, 3.05) is 0 Å². The van der Waals surface area contributed by atoms with Gasteiger partial charge >= 0.3 is 44.4 Å². The Bertz CT molecular complexity index is 6.00. The van der Waals surface area contributed by atoms with Crippen molar-refractivity contribution in [1.82, 2.24) is 0 Å². The van der Waals surface area contributed by atoms with E-state index in [-0.39, 0.29) is 55.3 Å². The third kappa shape index (κ3) is 10.1. The molecule has 0 rings (SSSR count). The molecule has 4 heteroatoms. The molecule has 0 spiro atoms. The van der Waals surface area contributed by atoms with Crippen LogP contribution in [0.2, 0.25) is 0 Å². The van der Waals surface area contributed by atoms with E-state index in [1.807, 2.05) is 0 Å². The fourth-order valence-electron chi connectivity index (χ4n) is 0. The van der Waals surface area contributed by atoms with Gasteiger partial charge < -0.3 is 11.0 Å². The summed E-state index contributed by atoms with van der Waals surface area (Å²) in [6.45, 7) is 0. The van der Waals surface area contributed by atoms with E-state index in [1.54, 1.807) is 0 Å². The van der Waals surface area contributed by atoms with E-state index in [4.69, 9.17) is 0 Å². The summed E-state index contributed by atoms with van der Waals surface area (Å²) < 4.78 is 0. The molecule has 0 aromatic carbocycles. The Morgan fingerprint density at radius 1 is 0.750 bits per heavy atom. The van der Waals surface area contributed by atoms with Gasteiger partial charge in [-0.25, -0.2) is 0 Å². The molecule has 0 aromatic rings. The average molecular weight is 200 g/mol. The van der Waals surface area contributed by atoms with Crippen LogP contribution in [0, 0.1) is 0 Å². The van der Waals surface area contributed by atoms with Gasteiger partial charge in [0.2, 0.25) is 0 Å². The monoisotopic (exact) mass is 202 g/mol. The Kier molecular flexibility index (Phi) is 366. The van der Waals surface area contributed by atoms with Gasteiger partial charge in [-0.1, -0.05) is 0 Å². The molecule has 0 saturated carbocycles. The van der Waals surface area contributed by atoms with Crippen molar-refractivity contribution >= 4 is 0 Å². The summed E-state index contributed by atoms with van der Waals surface area (Å²) in [5, 5.41) is 0. The van der Waals surface area contributed by atoms with Crippen LogP contribution < -0.4 is 0 Å². The first kappa shape index (κ1) is 55.0. The van der Waals surface area contributed by atoms with Crippen LogP contribution in [0.15, 0.2) is 0 Å². The van der Waals surface area contributed by atoms with Crippen LogP contribution in [0.1, 0.15) is 0 Å². The molecule has 0 saturated heterocycles. The molecule has 0 aliphatic rings. The predicted molar refractivity (Wildman–Crippen MR) is 1.37 cm³/mol. The van der Waals surface area contributed by atoms with E-state index in [1.165, 1.54) is 0 Å². The zero-order chi connectivity index (χ0) is 0. The second kappa shape index (κ2) is 26.6. The van der Waals surface area contributed by atoms with Crippen LogP contribution in [0.25, 0.3) is 0 Å². The van der Waals surface area contributed by atoms with Crippen LogP contribution in [-0.2, 0) is 55.3 Å². The molecule has 0 aromatic heterocycles. The van der Waals surface area contributed by atoms with E-state index in [0.717, 1.165) is 0 Å². The first-order chi connectivity index (χ1) is 0. The molecule has 0 atom stereocenters. The summed E-state index contributed by atoms with van der Waals surface area (Å²) in [6, 6.07) is 0. The van der Waals surface area contributed by atoms with Crippen LogP contribution >= 0.6 is 0 Å². The minimum atomic E-state index is 0. The maximum absolute atomic E-state index is 0. The van der Waals surface area contributed by atoms with Gasteiger partial charge in [0.15, 0.2) is 0 Å². The van der Waals surface area contributed by atoms with Crippen molar-refractivity contribution in [1.29, 1.82) is 0 Å². The van der Waals surface area contributed by atoms with E-state index in [0.29, 0.717) is 0 Å². The number of hydrogen-bond donors (Lipinski definition) is 0. The molecule has 0 amide bonds. The molecule has 4 heavy (non-hydrogen) atoms. The average Bonchev–Trinajstić information content (AvgIpc) is 0. The summed E-state index contributed by atoms with van der Waals surface area (Å²) in [4.78, 5) is 0. The van der Waals surface area contributed by atoms with Crippen LogP contribution in [0.3, 0.4) is 0 Å². The topological polar surface area (TPSA) is 57.0 Å². The van der Waals surface area contributed by atoms with Gasteiger partial charge in [0.25, 0.3) is 0 Å². The fraction of sp³-hybridized carbons (Fsp3) is 0. The first-order valence-corrected chi connectivity index (χ1v) is 0. The number of rotatable bonds is 0. The van der Waals surface area contributed by atoms with E-state index in [2.05, 4.69) is 0 Å². The van der Waals surface area contributed by atoms with Crippen molar-refractivity contribution < 1.29 is 55.3 Å². The van der Waals surface area contributed by atoms with E-state index in [9.17, 15) is 0 Å². The van der Waals surface area contributed by atoms with Crippen LogP contribution in [0.4, 0.5) is 0 Å². The van der Waals surface area contributed by atoms with Crippen molar-refractivity contribution in [3.8, 4) is 0 Å². The Morgan fingerprint density at radius 3 is 0.750 bits per heavy atom. The fourth-order valence-corrected chi connectivity index (χ4v) is 0. The smallest absolute Gasteiger partial charge is 2.00 e. The van der Waals surface area contributed by atoms with Crippen LogP contribution in [0.5, 0.6) is 0 Å². The molecule has 0 aliphatic carbocycles. The van der Waals surface area contributed by atoms with Gasteiger partial charge in [-0.2, -0.15) is 0 Å². The molecule has 0 unspecified atom stereocenters. The normalized spacial score (nSPS) is 0. The summed E-state index contributed by atoms with van der Waals surface area (Å²) in [5.74, 6) is 0. The van der Waals surface area contributed by atoms with Crippen molar-refractivity contribution in [3.05, 3.63) is 0 Å². The SMILES string of the molecule is [Cd+2].[Fe+2].[O-2].[O-2]. The standard InChI is InChI=1S/Cd.Fe.2O/q2*+2;2*-2. The molecule has 2 nitrogen and oxygen atoms in total. The quantitative estimate of drug-likeness (QED) is 0.484. The Hall–Kier alpha value is 1.36.